The highest BCUT2D eigenvalue weighted by Crippen LogP contribution is 2.20. The Balaban J connectivity index is 2.62. The highest BCUT2D eigenvalue weighted by molar-refractivity contribution is 9.10. The molecule has 1 amide bonds. The molecule has 1 atom stereocenters. The van der Waals surface area contributed by atoms with Crippen molar-refractivity contribution in [3.63, 3.8) is 0 Å². The molecule has 1 unspecified atom stereocenters. The number of amides is 1. The number of hydrogen-bond acceptors (Lipinski definition) is 2. The van der Waals surface area contributed by atoms with Gasteiger partial charge in [0, 0.05) is 10.5 Å². The van der Waals surface area contributed by atoms with Crippen molar-refractivity contribution in [1.82, 2.24) is 10.2 Å². The summed E-state index contributed by atoms with van der Waals surface area (Å²) in [5.41, 5.74) is 1.77. The molecule has 0 spiro atoms. The summed E-state index contributed by atoms with van der Waals surface area (Å²) in [6.45, 7) is 4.98. The fourth-order valence-electron chi connectivity index (χ4n) is 1.65. The Morgan fingerprint density at radius 3 is 2.72 bits per heavy atom. The Labute approximate surface area is 118 Å². The summed E-state index contributed by atoms with van der Waals surface area (Å²) in [4.78, 5) is 14.2. The van der Waals surface area contributed by atoms with Crippen LogP contribution < -0.4 is 5.32 Å². The number of hydrogen-bond donors (Lipinski definition) is 1. The van der Waals surface area contributed by atoms with Gasteiger partial charge in [-0.1, -0.05) is 12.1 Å². The van der Waals surface area contributed by atoms with E-state index < -0.39 is 0 Å². The van der Waals surface area contributed by atoms with E-state index in [4.69, 9.17) is 0 Å². The SMILES string of the molecule is Cc1cccc(C(=O)NC(C)CCN(C)C)c1Br. The lowest BCUT2D eigenvalue weighted by Crippen LogP contribution is -2.35. The van der Waals surface area contributed by atoms with Crippen LogP contribution >= 0.6 is 15.9 Å². The summed E-state index contributed by atoms with van der Waals surface area (Å²) in [5.74, 6) is -0.0168. The Kier molecular flexibility index (Phi) is 5.82. The van der Waals surface area contributed by atoms with Crippen molar-refractivity contribution < 1.29 is 4.79 Å². The Morgan fingerprint density at radius 1 is 1.44 bits per heavy atom. The number of nitrogens with zero attached hydrogens (tertiary/aromatic N) is 1. The summed E-state index contributed by atoms with van der Waals surface area (Å²) in [5, 5.41) is 3.02. The van der Waals surface area contributed by atoms with Crippen LogP contribution in [0.2, 0.25) is 0 Å². The molecule has 1 aromatic carbocycles. The molecule has 1 rings (SSSR count). The van der Waals surface area contributed by atoms with Crippen LogP contribution in [0.25, 0.3) is 0 Å². The Morgan fingerprint density at radius 2 is 2.11 bits per heavy atom. The van der Waals surface area contributed by atoms with Gasteiger partial charge in [-0.15, -0.1) is 0 Å². The topological polar surface area (TPSA) is 32.3 Å². The van der Waals surface area contributed by atoms with E-state index >= 15 is 0 Å². The maximum Gasteiger partial charge on any atom is 0.252 e. The average Bonchev–Trinajstić information content (AvgIpc) is 2.30. The quantitative estimate of drug-likeness (QED) is 0.906. The highest BCUT2D eigenvalue weighted by Gasteiger charge is 2.13. The zero-order chi connectivity index (χ0) is 13.7. The molecule has 0 saturated heterocycles. The first-order chi connectivity index (χ1) is 8.41. The Hall–Kier alpha value is -0.870. The van der Waals surface area contributed by atoms with Crippen LogP contribution in [0.1, 0.15) is 29.3 Å². The third kappa shape index (κ3) is 4.42. The van der Waals surface area contributed by atoms with E-state index in [1.807, 2.05) is 46.1 Å². The van der Waals surface area contributed by atoms with Crippen LogP contribution in [0.4, 0.5) is 0 Å². The van der Waals surface area contributed by atoms with Gasteiger partial charge in [-0.05, 0) is 68.5 Å². The van der Waals surface area contributed by atoms with Crippen LogP contribution in [0.3, 0.4) is 0 Å². The van der Waals surface area contributed by atoms with E-state index in [2.05, 4.69) is 26.1 Å². The molecule has 0 aromatic heterocycles. The van der Waals surface area contributed by atoms with Gasteiger partial charge in [0.15, 0.2) is 0 Å². The molecule has 3 nitrogen and oxygen atoms in total. The predicted molar refractivity (Wildman–Crippen MR) is 79.0 cm³/mol. The number of nitrogens with one attached hydrogen (secondary N) is 1. The molecule has 0 aliphatic heterocycles. The van der Waals surface area contributed by atoms with Crippen LogP contribution in [0.5, 0.6) is 0 Å². The van der Waals surface area contributed by atoms with Crippen molar-refractivity contribution in [2.45, 2.75) is 26.3 Å². The van der Waals surface area contributed by atoms with E-state index in [1.54, 1.807) is 0 Å². The smallest absolute Gasteiger partial charge is 0.252 e. The van der Waals surface area contributed by atoms with Gasteiger partial charge in [0.05, 0.1) is 5.56 Å². The molecule has 0 radical (unpaired) electrons. The fourth-order valence-corrected chi connectivity index (χ4v) is 2.09. The minimum absolute atomic E-state index is 0.0168. The molecule has 1 aromatic rings. The standard InChI is InChI=1S/C14H21BrN2O/c1-10-6-5-7-12(13(10)15)14(18)16-11(2)8-9-17(3)4/h5-7,11H,8-9H2,1-4H3,(H,16,18). The zero-order valence-corrected chi connectivity index (χ0v) is 13.0. The second-order valence-electron chi connectivity index (χ2n) is 4.90. The molecule has 0 heterocycles. The normalized spacial score (nSPS) is 12.6. The van der Waals surface area contributed by atoms with E-state index in [0.29, 0.717) is 5.56 Å². The van der Waals surface area contributed by atoms with Crippen LogP contribution in [0, 0.1) is 6.92 Å². The third-order valence-corrected chi connectivity index (χ3v) is 3.88. The maximum atomic E-state index is 12.1. The van der Waals surface area contributed by atoms with Gasteiger partial charge in [-0.25, -0.2) is 0 Å². The van der Waals surface area contributed by atoms with E-state index in [-0.39, 0.29) is 11.9 Å². The zero-order valence-electron chi connectivity index (χ0n) is 11.5. The summed E-state index contributed by atoms with van der Waals surface area (Å²) >= 11 is 3.46. The molecular formula is C14H21BrN2O. The minimum atomic E-state index is -0.0168. The second-order valence-corrected chi connectivity index (χ2v) is 5.70. The van der Waals surface area contributed by atoms with E-state index in [1.165, 1.54) is 0 Å². The Bertz CT molecular complexity index is 418. The first-order valence-electron chi connectivity index (χ1n) is 6.12. The van der Waals surface area contributed by atoms with Gasteiger partial charge in [-0.2, -0.15) is 0 Å². The largest absolute Gasteiger partial charge is 0.350 e. The number of aryl methyl sites for hydroxylation is 1. The van der Waals surface area contributed by atoms with Crippen molar-refractivity contribution in [3.8, 4) is 0 Å². The van der Waals surface area contributed by atoms with Crippen molar-refractivity contribution in [1.29, 1.82) is 0 Å². The lowest BCUT2D eigenvalue weighted by molar-refractivity contribution is 0.0936. The van der Waals surface area contributed by atoms with Gasteiger partial charge in [0.25, 0.3) is 5.91 Å². The average molecular weight is 313 g/mol. The number of carbonyl (C=O) groups excluding carboxylic acids is 1. The van der Waals surface area contributed by atoms with Crippen molar-refractivity contribution >= 4 is 21.8 Å². The monoisotopic (exact) mass is 312 g/mol. The second kappa shape index (κ2) is 6.90. The molecular weight excluding hydrogens is 292 g/mol. The molecule has 4 heteroatoms. The number of carbonyl (C=O) groups is 1. The van der Waals surface area contributed by atoms with Gasteiger partial charge in [-0.3, -0.25) is 4.79 Å². The highest BCUT2D eigenvalue weighted by atomic mass is 79.9. The molecule has 0 aliphatic carbocycles. The summed E-state index contributed by atoms with van der Waals surface area (Å²) in [7, 11) is 4.07. The summed E-state index contributed by atoms with van der Waals surface area (Å²) < 4.78 is 0.877. The predicted octanol–water partition coefficient (Wildman–Crippen LogP) is 2.83. The molecule has 1 N–H and O–H groups in total. The molecule has 100 valence electrons. The molecule has 0 bridgehead atoms. The lowest BCUT2D eigenvalue weighted by Gasteiger charge is -2.17. The van der Waals surface area contributed by atoms with E-state index in [0.717, 1.165) is 23.0 Å². The minimum Gasteiger partial charge on any atom is -0.350 e. The molecule has 18 heavy (non-hydrogen) atoms. The van der Waals surface area contributed by atoms with E-state index in [9.17, 15) is 4.79 Å². The van der Waals surface area contributed by atoms with Gasteiger partial charge >= 0.3 is 0 Å². The van der Waals surface area contributed by atoms with Crippen molar-refractivity contribution in [2.24, 2.45) is 0 Å². The van der Waals surface area contributed by atoms with Crippen LogP contribution in [0.15, 0.2) is 22.7 Å². The summed E-state index contributed by atoms with van der Waals surface area (Å²) in [6.07, 6.45) is 0.947. The first kappa shape index (κ1) is 15.2. The van der Waals surface area contributed by atoms with Crippen LogP contribution in [-0.2, 0) is 0 Å². The van der Waals surface area contributed by atoms with Gasteiger partial charge < -0.3 is 10.2 Å². The number of rotatable bonds is 5. The van der Waals surface area contributed by atoms with Gasteiger partial charge in [0.1, 0.15) is 0 Å². The van der Waals surface area contributed by atoms with Gasteiger partial charge in [0.2, 0.25) is 0 Å². The van der Waals surface area contributed by atoms with Crippen LogP contribution in [-0.4, -0.2) is 37.5 Å². The lowest BCUT2D eigenvalue weighted by atomic mass is 10.1. The first-order valence-corrected chi connectivity index (χ1v) is 6.92. The fraction of sp³-hybridized carbons (Fsp3) is 0.500. The molecule has 0 fully saturated rings. The number of benzene rings is 1. The summed E-state index contributed by atoms with van der Waals surface area (Å²) in [6, 6.07) is 5.90. The number of halogens is 1. The third-order valence-electron chi connectivity index (χ3n) is 2.82. The maximum absolute atomic E-state index is 12.1. The van der Waals surface area contributed by atoms with Crippen molar-refractivity contribution in [2.75, 3.05) is 20.6 Å². The molecule has 0 aliphatic rings. The molecule has 0 saturated carbocycles. The van der Waals surface area contributed by atoms with Crippen molar-refractivity contribution in [3.05, 3.63) is 33.8 Å².